The van der Waals surface area contributed by atoms with Gasteiger partial charge >= 0.3 is 0 Å². The SMILES string of the molecule is COc1ccc(C)cc1NCc1cc(F)ccc1C#N. The van der Waals surface area contributed by atoms with Crippen molar-refractivity contribution in [2.24, 2.45) is 0 Å². The van der Waals surface area contributed by atoms with Crippen LogP contribution in [0.5, 0.6) is 5.75 Å². The van der Waals surface area contributed by atoms with E-state index in [0.29, 0.717) is 23.4 Å². The molecule has 0 atom stereocenters. The highest BCUT2D eigenvalue weighted by molar-refractivity contribution is 5.58. The molecule has 0 spiro atoms. The highest BCUT2D eigenvalue weighted by Gasteiger charge is 2.06. The summed E-state index contributed by atoms with van der Waals surface area (Å²) in [5.41, 5.74) is 3.00. The van der Waals surface area contributed by atoms with Crippen LogP contribution in [0.4, 0.5) is 10.1 Å². The molecule has 1 N–H and O–H groups in total. The molecule has 2 aromatic carbocycles. The van der Waals surface area contributed by atoms with Crippen molar-refractivity contribution in [3.63, 3.8) is 0 Å². The lowest BCUT2D eigenvalue weighted by molar-refractivity contribution is 0.416. The highest BCUT2D eigenvalue weighted by atomic mass is 19.1. The average molecular weight is 270 g/mol. The van der Waals surface area contributed by atoms with E-state index >= 15 is 0 Å². The number of aryl methyl sites for hydroxylation is 1. The summed E-state index contributed by atoms with van der Waals surface area (Å²) in [6.07, 6.45) is 0. The maximum atomic E-state index is 13.3. The minimum Gasteiger partial charge on any atom is -0.495 e. The van der Waals surface area contributed by atoms with Crippen LogP contribution < -0.4 is 10.1 Å². The third kappa shape index (κ3) is 3.07. The maximum absolute atomic E-state index is 13.3. The summed E-state index contributed by atoms with van der Waals surface area (Å²) < 4.78 is 18.5. The number of ether oxygens (including phenoxy) is 1. The summed E-state index contributed by atoms with van der Waals surface area (Å²) in [6, 6.07) is 12.0. The highest BCUT2D eigenvalue weighted by Crippen LogP contribution is 2.26. The number of hydrogen-bond donors (Lipinski definition) is 1. The van der Waals surface area contributed by atoms with E-state index in [4.69, 9.17) is 10.00 Å². The van der Waals surface area contributed by atoms with Crippen LogP contribution in [0.25, 0.3) is 0 Å². The molecule has 0 saturated carbocycles. The van der Waals surface area contributed by atoms with Gasteiger partial charge < -0.3 is 10.1 Å². The van der Waals surface area contributed by atoms with E-state index in [0.717, 1.165) is 11.3 Å². The summed E-state index contributed by atoms with van der Waals surface area (Å²) >= 11 is 0. The second-order valence-electron chi connectivity index (χ2n) is 4.47. The number of nitrogens with one attached hydrogen (secondary N) is 1. The van der Waals surface area contributed by atoms with Gasteiger partial charge in [-0.1, -0.05) is 6.07 Å². The minimum absolute atomic E-state index is 0.350. The predicted molar refractivity (Wildman–Crippen MR) is 76.2 cm³/mol. The molecular weight excluding hydrogens is 255 g/mol. The van der Waals surface area contributed by atoms with Gasteiger partial charge in [-0.2, -0.15) is 5.26 Å². The molecule has 4 heteroatoms. The third-order valence-corrected chi connectivity index (χ3v) is 3.01. The van der Waals surface area contributed by atoms with Gasteiger partial charge in [-0.15, -0.1) is 0 Å². The van der Waals surface area contributed by atoms with Crippen LogP contribution >= 0.6 is 0 Å². The number of halogens is 1. The van der Waals surface area contributed by atoms with E-state index in [1.54, 1.807) is 7.11 Å². The fourth-order valence-corrected chi connectivity index (χ4v) is 1.97. The normalized spacial score (nSPS) is 9.90. The monoisotopic (exact) mass is 270 g/mol. The molecule has 0 aromatic heterocycles. The van der Waals surface area contributed by atoms with Crippen LogP contribution in [0.2, 0.25) is 0 Å². The van der Waals surface area contributed by atoms with E-state index in [2.05, 4.69) is 11.4 Å². The van der Waals surface area contributed by atoms with E-state index in [1.165, 1.54) is 18.2 Å². The van der Waals surface area contributed by atoms with Gasteiger partial charge in [0.2, 0.25) is 0 Å². The van der Waals surface area contributed by atoms with Gasteiger partial charge in [0.1, 0.15) is 11.6 Å². The molecule has 0 fully saturated rings. The minimum atomic E-state index is -0.350. The van der Waals surface area contributed by atoms with Crippen molar-refractivity contribution in [3.05, 3.63) is 58.9 Å². The number of methoxy groups -OCH3 is 1. The quantitative estimate of drug-likeness (QED) is 0.922. The van der Waals surface area contributed by atoms with Crippen LogP contribution in [0.3, 0.4) is 0 Å². The molecule has 0 aliphatic heterocycles. The summed E-state index contributed by atoms with van der Waals surface area (Å²) in [7, 11) is 1.60. The molecule has 20 heavy (non-hydrogen) atoms. The zero-order chi connectivity index (χ0) is 14.5. The second kappa shape index (κ2) is 6.07. The lowest BCUT2D eigenvalue weighted by Gasteiger charge is -2.12. The fourth-order valence-electron chi connectivity index (χ4n) is 1.97. The standard InChI is InChI=1S/C16H15FN2O/c1-11-3-6-16(20-2)15(7-11)19-10-13-8-14(17)5-4-12(13)9-18/h3-8,19H,10H2,1-2H3. The van der Waals surface area contributed by atoms with Crippen molar-refractivity contribution in [1.29, 1.82) is 5.26 Å². The van der Waals surface area contributed by atoms with E-state index in [-0.39, 0.29) is 5.82 Å². The van der Waals surface area contributed by atoms with Crippen molar-refractivity contribution in [2.75, 3.05) is 12.4 Å². The molecule has 0 heterocycles. The molecule has 3 nitrogen and oxygen atoms in total. The van der Waals surface area contributed by atoms with Crippen LogP contribution in [0.1, 0.15) is 16.7 Å². The largest absolute Gasteiger partial charge is 0.495 e. The van der Waals surface area contributed by atoms with E-state index in [9.17, 15) is 4.39 Å². The number of benzene rings is 2. The van der Waals surface area contributed by atoms with Gasteiger partial charge in [0.25, 0.3) is 0 Å². The molecule has 0 amide bonds. The van der Waals surface area contributed by atoms with Gasteiger partial charge in [0, 0.05) is 6.54 Å². The van der Waals surface area contributed by atoms with E-state index < -0.39 is 0 Å². The van der Waals surface area contributed by atoms with Crippen LogP contribution in [0.15, 0.2) is 36.4 Å². The molecule has 2 aromatic rings. The Kier molecular flexibility index (Phi) is 4.21. The molecule has 102 valence electrons. The molecule has 0 bridgehead atoms. The molecule has 0 aliphatic rings. The lowest BCUT2D eigenvalue weighted by Crippen LogP contribution is -2.04. The zero-order valence-corrected chi connectivity index (χ0v) is 11.4. The van der Waals surface area contributed by atoms with Crippen LogP contribution in [-0.4, -0.2) is 7.11 Å². The Morgan fingerprint density at radius 1 is 1.25 bits per heavy atom. The second-order valence-corrected chi connectivity index (χ2v) is 4.47. The fraction of sp³-hybridized carbons (Fsp3) is 0.188. The maximum Gasteiger partial charge on any atom is 0.141 e. The molecule has 0 saturated heterocycles. The number of rotatable bonds is 4. The van der Waals surface area contributed by atoms with Gasteiger partial charge in [-0.3, -0.25) is 0 Å². The molecular formula is C16H15FN2O. The van der Waals surface area contributed by atoms with Crippen LogP contribution in [-0.2, 0) is 6.54 Å². The van der Waals surface area contributed by atoms with Crippen molar-refractivity contribution in [2.45, 2.75) is 13.5 Å². The van der Waals surface area contributed by atoms with Crippen LogP contribution in [0, 0.1) is 24.1 Å². The van der Waals surface area contributed by atoms with Gasteiger partial charge in [-0.05, 0) is 48.4 Å². The topological polar surface area (TPSA) is 45.0 Å². The Labute approximate surface area is 117 Å². The number of anilines is 1. The molecule has 0 unspecified atom stereocenters. The Morgan fingerprint density at radius 2 is 2.05 bits per heavy atom. The molecule has 0 aliphatic carbocycles. The van der Waals surface area contributed by atoms with Crippen molar-refractivity contribution in [3.8, 4) is 11.8 Å². The lowest BCUT2D eigenvalue weighted by atomic mass is 10.1. The summed E-state index contributed by atoms with van der Waals surface area (Å²) in [6.45, 7) is 2.34. The third-order valence-electron chi connectivity index (χ3n) is 3.01. The van der Waals surface area contributed by atoms with Crippen molar-refractivity contribution < 1.29 is 9.13 Å². The summed E-state index contributed by atoms with van der Waals surface area (Å²) in [5.74, 6) is 0.363. The summed E-state index contributed by atoms with van der Waals surface area (Å²) in [5, 5.41) is 12.2. The van der Waals surface area contributed by atoms with Gasteiger partial charge in [0.15, 0.2) is 0 Å². The van der Waals surface area contributed by atoms with Crippen molar-refractivity contribution in [1.82, 2.24) is 0 Å². The first-order valence-corrected chi connectivity index (χ1v) is 6.21. The average Bonchev–Trinajstić information content (AvgIpc) is 2.45. The van der Waals surface area contributed by atoms with E-state index in [1.807, 2.05) is 25.1 Å². The zero-order valence-electron chi connectivity index (χ0n) is 11.4. The Hall–Kier alpha value is -2.54. The molecule has 0 radical (unpaired) electrons. The first-order valence-electron chi connectivity index (χ1n) is 6.21. The number of nitrogens with zero attached hydrogens (tertiary/aromatic N) is 1. The smallest absolute Gasteiger partial charge is 0.141 e. The van der Waals surface area contributed by atoms with Gasteiger partial charge in [-0.25, -0.2) is 4.39 Å². The first-order chi connectivity index (χ1) is 9.63. The van der Waals surface area contributed by atoms with Gasteiger partial charge in [0.05, 0.1) is 24.4 Å². The Balaban J connectivity index is 2.23. The number of hydrogen-bond acceptors (Lipinski definition) is 3. The molecule has 2 rings (SSSR count). The Bertz CT molecular complexity index is 662. The Morgan fingerprint density at radius 3 is 2.75 bits per heavy atom. The number of nitriles is 1. The van der Waals surface area contributed by atoms with Crippen molar-refractivity contribution >= 4 is 5.69 Å². The predicted octanol–water partition coefficient (Wildman–Crippen LogP) is 3.63. The summed E-state index contributed by atoms with van der Waals surface area (Å²) in [4.78, 5) is 0. The first kappa shape index (κ1) is 13.9.